The number of carbonyl (C=O) groups excluding carboxylic acids is 2. The maximum absolute atomic E-state index is 12.3. The minimum absolute atomic E-state index is 0.0383. The highest BCUT2D eigenvalue weighted by atomic mass is 16.5. The zero-order valence-electron chi connectivity index (χ0n) is 12.7. The smallest absolute Gasteiger partial charge is 0.265 e. The van der Waals surface area contributed by atoms with Crippen molar-refractivity contribution in [3.8, 4) is 5.75 Å². The fraction of sp³-hybridized carbons (Fsp3) is 0.222. The van der Waals surface area contributed by atoms with E-state index in [1.807, 2.05) is 37.3 Å². The van der Waals surface area contributed by atoms with E-state index in [1.54, 1.807) is 24.3 Å². The Morgan fingerprint density at radius 2 is 1.82 bits per heavy atom. The first kappa shape index (κ1) is 15.8. The number of benzene rings is 2. The van der Waals surface area contributed by atoms with E-state index in [9.17, 15) is 9.59 Å². The standard InChI is InChI=1S/C18H19NO3/c1-3-17(22-16-10-5-4-6-11-16)18(21)19-15-9-7-8-14(12-15)13(2)20/h4-12,17H,3H2,1-2H3,(H,19,21). The van der Waals surface area contributed by atoms with E-state index >= 15 is 0 Å². The van der Waals surface area contributed by atoms with Crippen molar-refractivity contribution < 1.29 is 14.3 Å². The van der Waals surface area contributed by atoms with Crippen LogP contribution in [0.25, 0.3) is 0 Å². The molecule has 2 rings (SSSR count). The van der Waals surface area contributed by atoms with Crippen LogP contribution in [0.5, 0.6) is 5.75 Å². The first-order chi connectivity index (χ1) is 10.6. The molecule has 1 atom stereocenters. The molecule has 2 aromatic rings. The fourth-order valence-electron chi connectivity index (χ4n) is 2.02. The van der Waals surface area contributed by atoms with E-state index in [4.69, 9.17) is 4.74 Å². The summed E-state index contributed by atoms with van der Waals surface area (Å²) >= 11 is 0. The molecule has 0 aliphatic rings. The molecule has 1 unspecified atom stereocenters. The molecule has 0 aromatic heterocycles. The van der Waals surface area contributed by atoms with Gasteiger partial charge in [0.25, 0.3) is 5.91 Å². The molecule has 4 nitrogen and oxygen atoms in total. The highest BCUT2D eigenvalue weighted by Crippen LogP contribution is 2.15. The maximum atomic E-state index is 12.3. The Bertz CT molecular complexity index is 652. The Kier molecular flexibility index (Phi) is 5.31. The summed E-state index contributed by atoms with van der Waals surface area (Å²) in [5.74, 6) is 0.387. The molecule has 1 N–H and O–H groups in total. The van der Waals surface area contributed by atoms with Crippen LogP contribution in [-0.4, -0.2) is 17.8 Å². The second-order valence-corrected chi connectivity index (χ2v) is 4.95. The first-order valence-electron chi connectivity index (χ1n) is 7.23. The van der Waals surface area contributed by atoms with Crippen LogP contribution in [0.15, 0.2) is 54.6 Å². The lowest BCUT2D eigenvalue weighted by molar-refractivity contribution is -0.122. The van der Waals surface area contributed by atoms with E-state index < -0.39 is 6.10 Å². The molecule has 0 aliphatic carbocycles. The van der Waals surface area contributed by atoms with Crippen molar-refractivity contribution in [1.82, 2.24) is 0 Å². The Morgan fingerprint density at radius 3 is 2.45 bits per heavy atom. The summed E-state index contributed by atoms with van der Waals surface area (Å²) in [6, 6.07) is 16.1. The second kappa shape index (κ2) is 7.41. The van der Waals surface area contributed by atoms with Crippen molar-refractivity contribution in [3.05, 3.63) is 60.2 Å². The van der Waals surface area contributed by atoms with Crippen molar-refractivity contribution in [2.24, 2.45) is 0 Å². The zero-order chi connectivity index (χ0) is 15.9. The third kappa shape index (κ3) is 4.19. The highest BCUT2D eigenvalue weighted by molar-refractivity contribution is 5.98. The Hall–Kier alpha value is -2.62. The number of carbonyl (C=O) groups is 2. The summed E-state index contributed by atoms with van der Waals surface area (Å²) in [6.07, 6.45) is -0.0315. The van der Waals surface area contributed by atoms with Gasteiger partial charge in [0.1, 0.15) is 5.75 Å². The molecule has 114 valence electrons. The van der Waals surface area contributed by atoms with E-state index in [1.165, 1.54) is 6.92 Å². The van der Waals surface area contributed by atoms with Gasteiger partial charge in [-0.25, -0.2) is 0 Å². The van der Waals surface area contributed by atoms with Gasteiger partial charge in [-0.05, 0) is 37.6 Å². The van der Waals surface area contributed by atoms with Crippen LogP contribution in [0.3, 0.4) is 0 Å². The average molecular weight is 297 g/mol. The SMILES string of the molecule is CCC(Oc1ccccc1)C(=O)Nc1cccc(C(C)=O)c1. The number of para-hydroxylation sites is 1. The summed E-state index contributed by atoms with van der Waals surface area (Å²) in [5, 5.41) is 2.79. The molecular formula is C18H19NO3. The third-order valence-electron chi connectivity index (χ3n) is 3.22. The van der Waals surface area contributed by atoms with Crippen molar-refractivity contribution in [1.29, 1.82) is 0 Å². The average Bonchev–Trinajstić information content (AvgIpc) is 2.53. The van der Waals surface area contributed by atoms with Gasteiger partial charge in [-0.2, -0.15) is 0 Å². The summed E-state index contributed by atoms with van der Waals surface area (Å²) in [4.78, 5) is 23.7. The van der Waals surface area contributed by atoms with E-state index in [2.05, 4.69) is 5.32 Å². The number of Topliss-reactive ketones (excluding diaryl/α,β-unsaturated/α-hetero) is 1. The lowest BCUT2D eigenvalue weighted by Gasteiger charge is -2.17. The number of nitrogens with one attached hydrogen (secondary N) is 1. The quantitative estimate of drug-likeness (QED) is 0.827. The van der Waals surface area contributed by atoms with Gasteiger partial charge in [0.05, 0.1) is 0 Å². The van der Waals surface area contributed by atoms with Crippen molar-refractivity contribution >= 4 is 17.4 Å². The van der Waals surface area contributed by atoms with Crippen LogP contribution in [0.2, 0.25) is 0 Å². The Morgan fingerprint density at radius 1 is 1.09 bits per heavy atom. The van der Waals surface area contributed by atoms with Crippen LogP contribution in [0, 0.1) is 0 Å². The van der Waals surface area contributed by atoms with E-state index in [0.29, 0.717) is 23.4 Å². The molecule has 0 saturated carbocycles. The zero-order valence-corrected chi connectivity index (χ0v) is 12.7. The van der Waals surface area contributed by atoms with Crippen LogP contribution in [0.1, 0.15) is 30.6 Å². The summed E-state index contributed by atoms with van der Waals surface area (Å²) < 4.78 is 5.70. The molecule has 1 amide bonds. The Labute approximate surface area is 130 Å². The number of rotatable bonds is 6. The molecule has 0 heterocycles. The number of anilines is 1. The van der Waals surface area contributed by atoms with Gasteiger partial charge in [-0.3, -0.25) is 9.59 Å². The van der Waals surface area contributed by atoms with E-state index in [0.717, 1.165) is 0 Å². The molecule has 0 saturated heterocycles. The molecule has 0 aliphatic heterocycles. The molecule has 2 aromatic carbocycles. The van der Waals surface area contributed by atoms with Gasteiger partial charge in [0.2, 0.25) is 0 Å². The molecule has 0 radical (unpaired) electrons. The molecular weight excluding hydrogens is 278 g/mol. The molecule has 0 fully saturated rings. The van der Waals surface area contributed by atoms with Crippen molar-refractivity contribution in [2.75, 3.05) is 5.32 Å². The van der Waals surface area contributed by atoms with Gasteiger partial charge >= 0.3 is 0 Å². The topological polar surface area (TPSA) is 55.4 Å². The van der Waals surface area contributed by atoms with Crippen molar-refractivity contribution in [2.45, 2.75) is 26.4 Å². The summed E-state index contributed by atoms with van der Waals surface area (Å²) in [7, 11) is 0. The first-order valence-corrected chi connectivity index (χ1v) is 7.23. The van der Waals surface area contributed by atoms with Gasteiger partial charge in [-0.1, -0.05) is 37.3 Å². The number of hydrogen-bond donors (Lipinski definition) is 1. The second-order valence-electron chi connectivity index (χ2n) is 4.95. The summed E-state index contributed by atoms with van der Waals surface area (Å²) in [6.45, 7) is 3.38. The monoisotopic (exact) mass is 297 g/mol. The largest absolute Gasteiger partial charge is 0.481 e. The molecule has 0 bridgehead atoms. The van der Waals surface area contributed by atoms with Crippen LogP contribution >= 0.6 is 0 Å². The van der Waals surface area contributed by atoms with Crippen LogP contribution in [-0.2, 0) is 4.79 Å². The van der Waals surface area contributed by atoms with Crippen LogP contribution < -0.4 is 10.1 Å². The van der Waals surface area contributed by atoms with Gasteiger partial charge < -0.3 is 10.1 Å². The number of hydrogen-bond acceptors (Lipinski definition) is 3. The van der Waals surface area contributed by atoms with Gasteiger partial charge in [0.15, 0.2) is 11.9 Å². The normalized spacial score (nSPS) is 11.5. The minimum Gasteiger partial charge on any atom is -0.481 e. The highest BCUT2D eigenvalue weighted by Gasteiger charge is 2.18. The molecule has 0 spiro atoms. The van der Waals surface area contributed by atoms with Crippen molar-refractivity contribution in [3.63, 3.8) is 0 Å². The maximum Gasteiger partial charge on any atom is 0.265 e. The fourth-order valence-corrected chi connectivity index (χ4v) is 2.02. The lowest BCUT2D eigenvalue weighted by atomic mass is 10.1. The Balaban J connectivity index is 2.06. The van der Waals surface area contributed by atoms with Gasteiger partial charge in [0, 0.05) is 11.3 Å². The van der Waals surface area contributed by atoms with E-state index in [-0.39, 0.29) is 11.7 Å². The number of amides is 1. The number of ether oxygens (including phenoxy) is 1. The third-order valence-corrected chi connectivity index (χ3v) is 3.22. The van der Waals surface area contributed by atoms with Gasteiger partial charge in [-0.15, -0.1) is 0 Å². The number of ketones is 1. The molecule has 4 heteroatoms. The molecule has 22 heavy (non-hydrogen) atoms. The predicted octanol–water partition coefficient (Wildman–Crippen LogP) is 3.69. The lowest BCUT2D eigenvalue weighted by Crippen LogP contribution is -2.32. The predicted molar refractivity (Wildman–Crippen MR) is 86.2 cm³/mol. The minimum atomic E-state index is -0.580. The van der Waals surface area contributed by atoms with Crippen LogP contribution in [0.4, 0.5) is 5.69 Å². The summed E-state index contributed by atoms with van der Waals surface area (Å²) in [5.41, 5.74) is 1.16.